The van der Waals surface area contributed by atoms with E-state index in [0.29, 0.717) is 23.0 Å². The second-order valence-corrected chi connectivity index (χ2v) is 6.74. The molecule has 1 aromatic rings. The summed E-state index contributed by atoms with van der Waals surface area (Å²) in [4.78, 5) is 29.5. The third-order valence-corrected chi connectivity index (χ3v) is 4.50. The third kappa shape index (κ3) is 2.90. The van der Waals surface area contributed by atoms with Crippen molar-refractivity contribution in [2.45, 2.75) is 24.9 Å². The van der Waals surface area contributed by atoms with Crippen molar-refractivity contribution >= 4 is 38.8 Å². The Kier molecular flexibility index (Phi) is 3.76. The first kappa shape index (κ1) is 15.1. The maximum atomic E-state index is 12.2. The molecule has 10 nitrogen and oxygen atoms in total. The van der Waals surface area contributed by atoms with Gasteiger partial charge in [-0.2, -0.15) is 13.5 Å². The van der Waals surface area contributed by atoms with Crippen LogP contribution in [0.1, 0.15) is 12.8 Å². The number of amides is 3. The van der Waals surface area contributed by atoms with E-state index in [1.54, 1.807) is 11.6 Å². The van der Waals surface area contributed by atoms with Gasteiger partial charge in [0.1, 0.15) is 6.04 Å². The summed E-state index contributed by atoms with van der Waals surface area (Å²) in [7, 11) is -4.79. The van der Waals surface area contributed by atoms with Crippen LogP contribution in [0.15, 0.2) is 11.6 Å². The molecule has 2 aliphatic heterocycles. The average molecular weight is 348 g/mol. The summed E-state index contributed by atoms with van der Waals surface area (Å²) in [6, 6.07) is -2.01. The number of piperidine rings is 1. The quantitative estimate of drug-likeness (QED) is 0.737. The summed E-state index contributed by atoms with van der Waals surface area (Å²) in [5.74, 6) is -0.393. The molecule has 1 aromatic heterocycles. The number of hydrogen-bond donors (Lipinski definition) is 2. The van der Waals surface area contributed by atoms with Crippen molar-refractivity contribution in [3.8, 4) is 0 Å². The molecule has 2 atom stereocenters. The molecule has 22 heavy (non-hydrogen) atoms. The van der Waals surface area contributed by atoms with Gasteiger partial charge < -0.3 is 10.2 Å². The van der Waals surface area contributed by atoms with E-state index >= 15 is 0 Å². The Morgan fingerprint density at radius 3 is 2.91 bits per heavy atom. The molecule has 0 aliphatic carbocycles. The molecule has 120 valence electrons. The molecular formula is C10H12N4O6S2. The van der Waals surface area contributed by atoms with Crippen LogP contribution in [0.3, 0.4) is 0 Å². The number of thiazole rings is 1. The van der Waals surface area contributed by atoms with E-state index < -0.39 is 34.4 Å². The van der Waals surface area contributed by atoms with Crippen molar-refractivity contribution in [1.82, 2.24) is 14.9 Å². The molecule has 2 saturated heterocycles. The fourth-order valence-electron chi connectivity index (χ4n) is 2.58. The number of nitrogens with zero attached hydrogens (tertiary/aromatic N) is 3. The summed E-state index contributed by atoms with van der Waals surface area (Å²) < 4.78 is 34.6. The first-order valence-electron chi connectivity index (χ1n) is 6.32. The lowest BCUT2D eigenvalue weighted by Gasteiger charge is -2.28. The molecule has 12 heteroatoms. The summed E-state index contributed by atoms with van der Waals surface area (Å²) in [5.41, 5.74) is 0. The summed E-state index contributed by atoms with van der Waals surface area (Å²) >= 11 is 1.25. The highest BCUT2D eigenvalue weighted by Crippen LogP contribution is 2.31. The fourth-order valence-corrected chi connectivity index (χ4v) is 3.50. The lowest BCUT2D eigenvalue weighted by atomic mass is 10.0. The highest BCUT2D eigenvalue weighted by Gasteiger charge is 2.49. The zero-order chi connectivity index (χ0) is 15.9. The normalized spacial score (nSPS) is 24.7. The van der Waals surface area contributed by atoms with E-state index in [1.807, 2.05) is 0 Å². The zero-order valence-corrected chi connectivity index (χ0v) is 12.7. The summed E-state index contributed by atoms with van der Waals surface area (Å²) in [6.45, 7) is 0.157. The Bertz CT molecular complexity index is 690. The van der Waals surface area contributed by atoms with Gasteiger partial charge in [0.2, 0.25) is 5.91 Å². The van der Waals surface area contributed by atoms with E-state index in [2.05, 4.69) is 14.6 Å². The second kappa shape index (κ2) is 5.46. The number of carbonyl (C=O) groups is 2. The van der Waals surface area contributed by atoms with Gasteiger partial charge in [0.25, 0.3) is 0 Å². The molecule has 2 bridgehead atoms. The standard InChI is InChI=1S/C10H12N4O6S2/c15-8(12-9-11-3-4-21-9)7-2-1-6-5-13(7)10(16)14(6)20-22(17,18)19/h3-4,6-7H,1-2,5H2,(H,11,12,15)(H,17,18,19)/t6-,7+/m1/s1. The van der Waals surface area contributed by atoms with Crippen molar-refractivity contribution in [2.24, 2.45) is 0 Å². The van der Waals surface area contributed by atoms with Crippen LogP contribution >= 0.6 is 11.3 Å². The van der Waals surface area contributed by atoms with Gasteiger partial charge in [-0.1, -0.05) is 0 Å². The van der Waals surface area contributed by atoms with Gasteiger partial charge >= 0.3 is 16.4 Å². The average Bonchev–Trinajstić information content (AvgIpc) is 3.01. The Balaban J connectivity index is 1.72. The Morgan fingerprint density at radius 1 is 1.50 bits per heavy atom. The van der Waals surface area contributed by atoms with Gasteiger partial charge in [-0.15, -0.1) is 15.6 Å². The molecule has 2 N–H and O–H groups in total. The van der Waals surface area contributed by atoms with E-state index in [0.717, 1.165) is 0 Å². The number of fused-ring (bicyclic) bond motifs is 2. The van der Waals surface area contributed by atoms with Crippen molar-refractivity contribution in [3.05, 3.63) is 11.6 Å². The molecule has 3 amide bonds. The van der Waals surface area contributed by atoms with Crippen LogP contribution in [0.5, 0.6) is 0 Å². The van der Waals surface area contributed by atoms with E-state index in [9.17, 15) is 18.0 Å². The molecule has 2 aliphatic rings. The van der Waals surface area contributed by atoms with Gasteiger partial charge in [-0.05, 0) is 12.8 Å². The van der Waals surface area contributed by atoms with E-state index in [-0.39, 0.29) is 6.54 Å². The maximum Gasteiger partial charge on any atom is 0.418 e. The topological polar surface area (TPSA) is 129 Å². The van der Waals surface area contributed by atoms with Crippen LogP contribution in [-0.4, -0.2) is 58.5 Å². The first-order chi connectivity index (χ1) is 10.3. The minimum atomic E-state index is -4.79. The Labute approximate surface area is 129 Å². The number of carbonyl (C=O) groups excluding carboxylic acids is 2. The van der Waals surface area contributed by atoms with Gasteiger partial charge in [0.05, 0.1) is 6.04 Å². The van der Waals surface area contributed by atoms with Gasteiger partial charge in [-0.25, -0.2) is 9.78 Å². The number of rotatable bonds is 4. The van der Waals surface area contributed by atoms with Crippen molar-refractivity contribution in [2.75, 3.05) is 11.9 Å². The lowest BCUT2D eigenvalue weighted by Crippen LogP contribution is -2.47. The van der Waals surface area contributed by atoms with Crippen molar-refractivity contribution < 1.29 is 26.8 Å². The smallest absolute Gasteiger partial charge is 0.309 e. The van der Waals surface area contributed by atoms with E-state index in [1.165, 1.54) is 16.2 Å². The number of hydroxylamine groups is 2. The summed E-state index contributed by atoms with van der Waals surface area (Å²) in [5, 5.41) is 5.33. The Hall–Kier alpha value is -1.76. The predicted octanol–water partition coefficient (Wildman–Crippen LogP) is 0.0846. The van der Waals surface area contributed by atoms with Crippen LogP contribution in [0.4, 0.5) is 9.93 Å². The lowest BCUT2D eigenvalue weighted by molar-refractivity contribution is -0.120. The number of aromatic nitrogens is 1. The largest absolute Gasteiger partial charge is 0.418 e. The number of hydrogen-bond acceptors (Lipinski definition) is 7. The fraction of sp³-hybridized carbons (Fsp3) is 0.500. The number of nitrogens with one attached hydrogen (secondary N) is 1. The molecule has 2 fully saturated rings. The number of anilines is 1. The first-order valence-corrected chi connectivity index (χ1v) is 8.57. The molecular weight excluding hydrogens is 336 g/mol. The van der Waals surface area contributed by atoms with Gasteiger partial charge in [0, 0.05) is 18.1 Å². The van der Waals surface area contributed by atoms with Gasteiger partial charge in [-0.3, -0.25) is 9.35 Å². The Morgan fingerprint density at radius 2 is 2.27 bits per heavy atom. The van der Waals surface area contributed by atoms with Crippen molar-refractivity contribution in [1.29, 1.82) is 0 Å². The molecule has 3 rings (SSSR count). The van der Waals surface area contributed by atoms with E-state index in [4.69, 9.17) is 4.55 Å². The number of urea groups is 1. The highest BCUT2D eigenvalue weighted by atomic mass is 32.3. The van der Waals surface area contributed by atoms with Crippen LogP contribution in [0.2, 0.25) is 0 Å². The molecule has 0 radical (unpaired) electrons. The van der Waals surface area contributed by atoms with Crippen LogP contribution in [0.25, 0.3) is 0 Å². The minimum Gasteiger partial charge on any atom is -0.309 e. The van der Waals surface area contributed by atoms with Crippen LogP contribution < -0.4 is 5.32 Å². The SMILES string of the molecule is O=C(Nc1nccs1)[C@@H]1CC[C@@H]2CN1C(=O)N2OS(=O)(=O)O. The molecule has 0 spiro atoms. The van der Waals surface area contributed by atoms with Crippen LogP contribution in [0, 0.1) is 0 Å². The highest BCUT2D eigenvalue weighted by molar-refractivity contribution is 7.80. The molecule has 0 aromatic carbocycles. The predicted molar refractivity (Wildman–Crippen MR) is 74.1 cm³/mol. The minimum absolute atomic E-state index is 0.157. The van der Waals surface area contributed by atoms with Crippen LogP contribution in [-0.2, 0) is 19.5 Å². The van der Waals surface area contributed by atoms with Crippen molar-refractivity contribution in [3.63, 3.8) is 0 Å². The molecule has 3 heterocycles. The maximum absolute atomic E-state index is 12.2. The molecule has 0 saturated carbocycles. The monoisotopic (exact) mass is 348 g/mol. The second-order valence-electron chi connectivity index (χ2n) is 4.84. The van der Waals surface area contributed by atoms with Gasteiger partial charge in [0.15, 0.2) is 5.13 Å². The molecule has 0 unspecified atom stereocenters. The zero-order valence-electron chi connectivity index (χ0n) is 11.1. The summed E-state index contributed by atoms with van der Waals surface area (Å²) in [6.07, 6.45) is 2.28. The third-order valence-electron chi connectivity index (χ3n) is 3.46.